The quantitative estimate of drug-likeness (QED) is 0.206. The Balaban J connectivity index is 1.29. The number of ether oxygens (including phenoxy) is 3. The van der Waals surface area contributed by atoms with E-state index in [2.05, 4.69) is 5.32 Å². The Morgan fingerprint density at radius 1 is 0.950 bits per heavy atom. The summed E-state index contributed by atoms with van der Waals surface area (Å²) < 4.78 is 17.6. The Bertz CT molecular complexity index is 1510. The minimum absolute atomic E-state index is 0.263. The van der Waals surface area contributed by atoms with Gasteiger partial charge in [-0.3, -0.25) is 9.59 Å². The molecule has 0 fully saturated rings. The predicted octanol–water partition coefficient (Wildman–Crippen LogP) is 7.11. The molecule has 1 heterocycles. The van der Waals surface area contributed by atoms with Crippen LogP contribution in [0, 0.1) is 0 Å². The minimum atomic E-state index is -0.924. The maximum Gasteiger partial charge on any atom is 0.311 e. The molecule has 0 aliphatic carbocycles. The zero-order chi connectivity index (χ0) is 28.1. The second kappa shape index (κ2) is 12.3. The van der Waals surface area contributed by atoms with Crippen molar-refractivity contribution in [2.45, 2.75) is 25.0 Å². The van der Waals surface area contributed by atoms with E-state index >= 15 is 0 Å². The molecule has 2 atom stereocenters. The number of amides is 1. The molecule has 7 nitrogen and oxygen atoms in total. The number of carboxylic acid groups (broad SMARTS) is 1. The van der Waals surface area contributed by atoms with Crippen molar-refractivity contribution in [1.29, 1.82) is 0 Å². The van der Waals surface area contributed by atoms with Gasteiger partial charge in [0.1, 0.15) is 23.0 Å². The van der Waals surface area contributed by atoms with Crippen molar-refractivity contribution in [2.75, 3.05) is 6.61 Å². The predicted molar refractivity (Wildman–Crippen MR) is 152 cm³/mol. The lowest BCUT2D eigenvalue weighted by atomic mass is 9.93. The van der Waals surface area contributed by atoms with Crippen molar-refractivity contribution in [3.63, 3.8) is 0 Å². The van der Waals surface area contributed by atoms with Crippen molar-refractivity contribution >= 4 is 35.1 Å². The first-order valence-electron chi connectivity index (χ1n) is 12.6. The van der Waals surface area contributed by atoms with Gasteiger partial charge in [-0.2, -0.15) is 0 Å². The molecule has 1 aliphatic rings. The molecule has 2 unspecified atom stereocenters. The van der Waals surface area contributed by atoms with E-state index in [1.54, 1.807) is 60.7 Å². The standard InChI is InChI=1S/C31H25Cl2NO6/c32-21-7-4-8-23(16-21)40-29(15-19-5-2-1-3-6-19)34-30(35)20-9-11-22(12-10-20)39-28-18-27-25(17-26(28)33)24(31(36)37)13-14-38-27/h1-12,16-18,24,29H,13-15H2,(H,34,35)(H,36,37). The lowest BCUT2D eigenvalue weighted by Crippen LogP contribution is -2.40. The van der Waals surface area contributed by atoms with Crippen molar-refractivity contribution in [1.82, 2.24) is 5.32 Å². The molecular formula is C31H25Cl2NO6. The second-order valence-corrected chi connectivity index (χ2v) is 10.0. The van der Waals surface area contributed by atoms with E-state index in [1.165, 1.54) is 0 Å². The van der Waals surface area contributed by atoms with Crippen LogP contribution < -0.4 is 19.5 Å². The number of nitrogens with one attached hydrogen (secondary N) is 1. The van der Waals surface area contributed by atoms with Gasteiger partial charge in [-0.05, 0) is 60.5 Å². The molecule has 0 aromatic heterocycles. The van der Waals surface area contributed by atoms with Crippen LogP contribution in [0.2, 0.25) is 10.0 Å². The lowest BCUT2D eigenvalue weighted by Gasteiger charge is -2.24. The van der Waals surface area contributed by atoms with Gasteiger partial charge in [0.05, 0.1) is 17.5 Å². The number of carboxylic acids is 1. The van der Waals surface area contributed by atoms with Gasteiger partial charge in [0.15, 0.2) is 6.23 Å². The van der Waals surface area contributed by atoms with Gasteiger partial charge in [-0.15, -0.1) is 0 Å². The van der Waals surface area contributed by atoms with E-state index in [-0.39, 0.29) is 10.9 Å². The lowest BCUT2D eigenvalue weighted by molar-refractivity contribution is -0.139. The van der Waals surface area contributed by atoms with Crippen LogP contribution in [0.1, 0.15) is 33.8 Å². The molecule has 0 saturated carbocycles. The fraction of sp³-hybridized carbons (Fsp3) is 0.161. The third-order valence-corrected chi connectivity index (χ3v) is 6.91. The number of aliphatic carboxylic acids is 1. The first kappa shape index (κ1) is 27.4. The van der Waals surface area contributed by atoms with Crippen LogP contribution in [0.3, 0.4) is 0 Å². The maximum atomic E-state index is 13.1. The highest BCUT2D eigenvalue weighted by atomic mass is 35.5. The Morgan fingerprint density at radius 2 is 1.73 bits per heavy atom. The van der Waals surface area contributed by atoms with Gasteiger partial charge in [0.25, 0.3) is 5.91 Å². The number of benzene rings is 4. The first-order chi connectivity index (χ1) is 19.4. The zero-order valence-electron chi connectivity index (χ0n) is 21.2. The van der Waals surface area contributed by atoms with Crippen LogP contribution in [-0.2, 0) is 11.2 Å². The number of hydrogen-bond donors (Lipinski definition) is 2. The van der Waals surface area contributed by atoms with Gasteiger partial charge in [-0.1, -0.05) is 59.6 Å². The molecule has 4 aromatic rings. The van der Waals surface area contributed by atoms with E-state index in [4.69, 9.17) is 37.4 Å². The molecule has 4 aromatic carbocycles. The highest BCUT2D eigenvalue weighted by Crippen LogP contribution is 2.41. The smallest absolute Gasteiger partial charge is 0.311 e. The summed E-state index contributed by atoms with van der Waals surface area (Å²) in [7, 11) is 0. The van der Waals surface area contributed by atoms with E-state index in [1.807, 2.05) is 30.3 Å². The molecular weight excluding hydrogens is 553 g/mol. The Labute approximate surface area is 241 Å². The van der Waals surface area contributed by atoms with E-state index < -0.39 is 18.1 Å². The SMILES string of the molecule is O=C(NC(Cc1ccccc1)Oc1cccc(Cl)c1)c1ccc(Oc2cc3c(cc2Cl)C(C(=O)O)CCO3)cc1. The summed E-state index contributed by atoms with van der Waals surface area (Å²) in [5, 5.41) is 13.2. The van der Waals surface area contributed by atoms with Crippen molar-refractivity contribution in [3.8, 4) is 23.0 Å². The van der Waals surface area contributed by atoms with E-state index in [0.29, 0.717) is 58.6 Å². The average Bonchev–Trinajstić information content (AvgIpc) is 2.94. The Morgan fingerprint density at radius 3 is 2.45 bits per heavy atom. The topological polar surface area (TPSA) is 94.1 Å². The number of hydrogen-bond acceptors (Lipinski definition) is 5. The molecule has 1 aliphatic heterocycles. The van der Waals surface area contributed by atoms with Gasteiger partial charge in [-0.25, -0.2) is 0 Å². The molecule has 0 saturated heterocycles. The highest BCUT2D eigenvalue weighted by Gasteiger charge is 2.29. The number of rotatable bonds is 9. The van der Waals surface area contributed by atoms with Gasteiger partial charge in [0.2, 0.25) is 0 Å². The molecule has 0 radical (unpaired) electrons. The summed E-state index contributed by atoms with van der Waals surface area (Å²) in [5.41, 5.74) is 1.93. The van der Waals surface area contributed by atoms with Crippen molar-refractivity contribution in [2.24, 2.45) is 0 Å². The third kappa shape index (κ3) is 6.68. The van der Waals surface area contributed by atoms with Crippen LogP contribution in [0.25, 0.3) is 0 Å². The molecule has 204 valence electrons. The molecule has 9 heteroatoms. The maximum absolute atomic E-state index is 13.1. The van der Waals surface area contributed by atoms with Crippen molar-refractivity contribution < 1.29 is 28.9 Å². The monoisotopic (exact) mass is 577 g/mol. The number of carbonyl (C=O) groups excluding carboxylic acids is 1. The Hall–Kier alpha value is -4.20. The third-order valence-electron chi connectivity index (χ3n) is 6.38. The minimum Gasteiger partial charge on any atom is -0.493 e. The van der Waals surface area contributed by atoms with Crippen molar-refractivity contribution in [3.05, 3.63) is 118 Å². The van der Waals surface area contributed by atoms with Gasteiger partial charge in [0, 0.05) is 28.6 Å². The van der Waals surface area contributed by atoms with E-state index in [0.717, 1.165) is 5.56 Å². The largest absolute Gasteiger partial charge is 0.493 e. The van der Waals surface area contributed by atoms with Crippen LogP contribution in [-0.4, -0.2) is 29.8 Å². The number of halogens is 2. The normalized spacial score (nSPS) is 14.8. The summed E-state index contributed by atoms with van der Waals surface area (Å²) in [5.74, 6) is -0.194. The summed E-state index contributed by atoms with van der Waals surface area (Å²) >= 11 is 12.5. The number of carbonyl (C=O) groups is 2. The summed E-state index contributed by atoms with van der Waals surface area (Å²) in [4.78, 5) is 24.7. The summed E-state index contributed by atoms with van der Waals surface area (Å²) in [6.07, 6.45) is 0.175. The fourth-order valence-electron chi connectivity index (χ4n) is 4.41. The highest BCUT2D eigenvalue weighted by molar-refractivity contribution is 6.32. The molecule has 2 N–H and O–H groups in total. The molecule has 40 heavy (non-hydrogen) atoms. The van der Waals surface area contributed by atoms with Gasteiger partial charge < -0.3 is 24.6 Å². The average molecular weight is 578 g/mol. The zero-order valence-corrected chi connectivity index (χ0v) is 22.7. The van der Waals surface area contributed by atoms with E-state index in [9.17, 15) is 14.7 Å². The molecule has 0 spiro atoms. The summed E-state index contributed by atoms with van der Waals surface area (Å²) in [6, 6.07) is 26.4. The molecule has 5 rings (SSSR count). The second-order valence-electron chi connectivity index (χ2n) is 9.20. The first-order valence-corrected chi connectivity index (χ1v) is 13.4. The molecule has 1 amide bonds. The van der Waals surface area contributed by atoms with Crippen LogP contribution in [0.4, 0.5) is 0 Å². The fourth-order valence-corrected chi connectivity index (χ4v) is 4.80. The summed E-state index contributed by atoms with van der Waals surface area (Å²) in [6.45, 7) is 0.293. The Kier molecular flexibility index (Phi) is 8.43. The number of fused-ring (bicyclic) bond motifs is 1. The van der Waals surface area contributed by atoms with Crippen LogP contribution in [0.5, 0.6) is 23.0 Å². The van der Waals surface area contributed by atoms with Gasteiger partial charge >= 0.3 is 5.97 Å². The van der Waals surface area contributed by atoms with Crippen LogP contribution in [0.15, 0.2) is 91.0 Å². The molecule has 0 bridgehead atoms. The van der Waals surface area contributed by atoms with Crippen LogP contribution >= 0.6 is 23.2 Å².